The van der Waals surface area contributed by atoms with Crippen LogP contribution in [0.5, 0.6) is 5.75 Å². The summed E-state index contributed by atoms with van der Waals surface area (Å²) >= 11 is 0. The molecule has 0 spiro atoms. The first-order chi connectivity index (χ1) is 11.7. The molecule has 0 aliphatic heterocycles. The SMILES string of the molecule is Cc1ccc(C[C@H](N=Cc2ccccc2O)c2ccccc2)cc1. The summed E-state index contributed by atoms with van der Waals surface area (Å²) in [5.74, 6) is 0.253. The number of para-hydroxylation sites is 1. The van der Waals surface area contributed by atoms with Crippen molar-refractivity contribution in [3.63, 3.8) is 0 Å². The van der Waals surface area contributed by atoms with Gasteiger partial charge in [0.15, 0.2) is 0 Å². The van der Waals surface area contributed by atoms with Crippen molar-refractivity contribution < 1.29 is 5.11 Å². The minimum Gasteiger partial charge on any atom is -0.507 e. The predicted octanol–water partition coefficient (Wildman–Crippen LogP) is 5.10. The van der Waals surface area contributed by atoms with Crippen LogP contribution in [-0.2, 0) is 6.42 Å². The van der Waals surface area contributed by atoms with Gasteiger partial charge >= 0.3 is 0 Å². The van der Waals surface area contributed by atoms with Crippen molar-refractivity contribution in [2.75, 3.05) is 0 Å². The first-order valence-electron chi connectivity index (χ1n) is 8.14. The van der Waals surface area contributed by atoms with Crippen molar-refractivity contribution in [2.24, 2.45) is 4.99 Å². The molecule has 0 fully saturated rings. The molecular formula is C22H21NO. The van der Waals surface area contributed by atoms with Crippen LogP contribution in [0.25, 0.3) is 0 Å². The third kappa shape index (κ3) is 4.11. The van der Waals surface area contributed by atoms with E-state index >= 15 is 0 Å². The monoisotopic (exact) mass is 315 g/mol. The second-order valence-electron chi connectivity index (χ2n) is 5.95. The first kappa shape index (κ1) is 16.0. The van der Waals surface area contributed by atoms with Gasteiger partial charge in [-0.2, -0.15) is 0 Å². The van der Waals surface area contributed by atoms with E-state index in [9.17, 15) is 5.11 Å². The van der Waals surface area contributed by atoms with E-state index in [4.69, 9.17) is 4.99 Å². The van der Waals surface area contributed by atoms with Gasteiger partial charge in [-0.25, -0.2) is 0 Å². The highest BCUT2D eigenvalue weighted by Crippen LogP contribution is 2.23. The molecule has 2 nitrogen and oxygen atoms in total. The normalized spacial score (nSPS) is 12.4. The molecule has 1 N–H and O–H groups in total. The summed E-state index contributed by atoms with van der Waals surface area (Å²) in [6.07, 6.45) is 2.59. The van der Waals surface area contributed by atoms with Crippen molar-refractivity contribution in [1.82, 2.24) is 0 Å². The van der Waals surface area contributed by atoms with Crippen LogP contribution in [0.15, 0.2) is 83.9 Å². The van der Waals surface area contributed by atoms with Gasteiger partial charge in [0, 0.05) is 11.8 Å². The Hall–Kier alpha value is -2.87. The molecule has 2 heteroatoms. The van der Waals surface area contributed by atoms with E-state index in [-0.39, 0.29) is 11.8 Å². The van der Waals surface area contributed by atoms with E-state index in [0.29, 0.717) is 0 Å². The lowest BCUT2D eigenvalue weighted by molar-refractivity contribution is 0.474. The van der Waals surface area contributed by atoms with Crippen LogP contribution < -0.4 is 0 Å². The van der Waals surface area contributed by atoms with Crippen molar-refractivity contribution in [2.45, 2.75) is 19.4 Å². The molecule has 0 heterocycles. The van der Waals surface area contributed by atoms with Crippen LogP contribution in [0.1, 0.15) is 28.3 Å². The fourth-order valence-corrected chi connectivity index (χ4v) is 2.65. The molecule has 0 saturated carbocycles. The number of aliphatic imine (C=N–C) groups is 1. The lowest BCUT2D eigenvalue weighted by Gasteiger charge is -2.13. The Morgan fingerprint density at radius 3 is 2.25 bits per heavy atom. The van der Waals surface area contributed by atoms with E-state index < -0.39 is 0 Å². The number of phenols is 1. The zero-order valence-electron chi connectivity index (χ0n) is 13.8. The standard InChI is InChI=1S/C22H21NO/c1-17-11-13-18(14-12-17)15-21(19-7-3-2-4-8-19)23-16-20-9-5-6-10-22(20)24/h2-14,16,21,24H,15H2,1H3/t21-/m0/s1. The van der Waals surface area contributed by atoms with Gasteiger partial charge < -0.3 is 5.11 Å². The number of nitrogens with zero attached hydrogens (tertiary/aromatic N) is 1. The molecule has 24 heavy (non-hydrogen) atoms. The molecule has 0 amide bonds. The summed E-state index contributed by atoms with van der Waals surface area (Å²) in [5, 5.41) is 9.92. The quantitative estimate of drug-likeness (QED) is 0.652. The van der Waals surface area contributed by atoms with Crippen LogP contribution in [0.2, 0.25) is 0 Å². The molecule has 0 bridgehead atoms. The second-order valence-corrected chi connectivity index (χ2v) is 5.95. The molecule has 0 saturated heterocycles. The van der Waals surface area contributed by atoms with Gasteiger partial charge in [-0.1, -0.05) is 72.3 Å². The van der Waals surface area contributed by atoms with Crippen molar-refractivity contribution in [3.05, 3.63) is 101 Å². The van der Waals surface area contributed by atoms with Crippen LogP contribution in [0.4, 0.5) is 0 Å². The van der Waals surface area contributed by atoms with Crippen LogP contribution in [0.3, 0.4) is 0 Å². The second kappa shape index (κ2) is 7.60. The highest BCUT2D eigenvalue weighted by Gasteiger charge is 2.10. The molecule has 0 unspecified atom stereocenters. The average molecular weight is 315 g/mol. The van der Waals surface area contributed by atoms with Crippen molar-refractivity contribution in [1.29, 1.82) is 0 Å². The average Bonchev–Trinajstić information content (AvgIpc) is 2.62. The summed E-state index contributed by atoms with van der Waals surface area (Å²) in [6, 6.07) is 26.1. The van der Waals surface area contributed by atoms with E-state index in [1.165, 1.54) is 16.7 Å². The fraction of sp³-hybridized carbons (Fsp3) is 0.136. The molecule has 3 rings (SSSR count). The molecular weight excluding hydrogens is 294 g/mol. The largest absolute Gasteiger partial charge is 0.507 e. The summed E-state index contributed by atoms with van der Waals surface area (Å²) in [7, 11) is 0. The van der Waals surface area contributed by atoms with Gasteiger partial charge in [-0.05, 0) is 36.6 Å². The van der Waals surface area contributed by atoms with Gasteiger partial charge in [-0.3, -0.25) is 4.99 Å². The van der Waals surface area contributed by atoms with Gasteiger partial charge in [0.2, 0.25) is 0 Å². The highest BCUT2D eigenvalue weighted by molar-refractivity contribution is 5.83. The third-order valence-corrected chi connectivity index (χ3v) is 4.06. The third-order valence-electron chi connectivity index (χ3n) is 4.06. The van der Waals surface area contributed by atoms with E-state index in [1.54, 1.807) is 12.3 Å². The van der Waals surface area contributed by atoms with Crippen LogP contribution in [-0.4, -0.2) is 11.3 Å². The maximum atomic E-state index is 9.92. The number of hydrogen-bond acceptors (Lipinski definition) is 2. The predicted molar refractivity (Wildman–Crippen MR) is 99.8 cm³/mol. The van der Waals surface area contributed by atoms with Crippen LogP contribution >= 0.6 is 0 Å². The Balaban J connectivity index is 1.88. The minimum absolute atomic E-state index is 0.0218. The minimum atomic E-state index is 0.0218. The number of rotatable bonds is 5. The molecule has 120 valence electrons. The zero-order valence-corrected chi connectivity index (χ0v) is 13.8. The Morgan fingerprint density at radius 1 is 0.875 bits per heavy atom. The molecule has 3 aromatic carbocycles. The summed E-state index contributed by atoms with van der Waals surface area (Å²) in [6.45, 7) is 2.09. The highest BCUT2D eigenvalue weighted by atomic mass is 16.3. The Kier molecular flexibility index (Phi) is 5.07. The maximum Gasteiger partial charge on any atom is 0.124 e. The Labute approximate surface area is 143 Å². The van der Waals surface area contributed by atoms with Gasteiger partial charge in [-0.15, -0.1) is 0 Å². The summed E-state index contributed by atoms with van der Waals surface area (Å²) in [4.78, 5) is 4.76. The molecule has 3 aromatic rings. The molecule has 1 atom stereocenters. The van der Waals surface area contributed by atoms with E-state index in [1.807, 2.05) is 36.4 Å². The van der Waals surface area contributed by atoms with Crippen molar-refractivity contribution >= 4 is 6.21 Å². The van der Waals surface area contributed by atoms with E-state index in [2.05, 4.69) is 43.3 Å². The zero-order chi connectivity index (χ0) is 16.8. The number of hydrogen-bond donors (Lipinski definition) is 1. The lowest BCUT2D eigenvalue weighted by Crippen LogP contribution is -2.01. The molecule has 0 radical (unpaired) electrons. The maximum absolute atomic E-state index is 9.92. The van der Waals surface area contributed by atoms with Gasteiger partial charge in [0.1, 0.15) is 5.75 Å². The number of aryl methyl sites for hydroxylation is 1. The number of aromatic hydroxyl groups is 1. The Bertz CT molecular complexity index is 807. The summed E-state index contributed by atoms with van der Waals surface area (Å²) in [5.41, 5.74) is 4.42. The van der Waals surface area contributed by atoms with Gasteiger partial charge in [0.05, 0.1) is 6.04 Å². The molecule has 0 aliphatic rings. The number of phenolic OH excluding ortho intramolecular Hbond substituents is 1. The van der Waals surface area contributed by atoms with E-state index in [0.717, 1.165) is 12.0 Å². The van der Waals surface area contributed by atoms with Gasteiger partial charge in [0.25, 0.3) is 0 Å². The lowest BCUT2D eigenvalue weighted by atomic mass is 9.98. The number of benzene rings is 3. The summed E-state index contributed by atoms with van der Waals surface area (Å²) < 4.78 is 0. The smallest absolute Gasteiger partial charge is 0.124 e. The fourth-order valence-electron chi connectivity index (χ4n) is 2.65. The molecule has 0 aromatic heterocycles. The van der Waals surface area contributed by atoms with Crippen molar-refractivity contribution in [3.8, 4) is 5.75 Å². The molecule has 0 aliphatic carbocycles. The van der Waals surface area contributed by atoms with Crippen LogP contribution in [0, 0.1) is 6.92 Å². The topological polar surface area (TPSA) is 32.6 Å². The Morgan fingerprint density at radius 2 is 1.54 bits per heavy atom. The first-order valence-corrected chi connectivity index (χ1v) is 8.14.